The molecule has 0 atom stereocenters. The number of benzene rings is 2. The fourth-order valence-electron chi connectivity index (χ4n) is 2.96. The number of ether oxygens (including phenoxy) is 1. The summed E-state index contributed by atoms with van der Waals surface area (Å²) in [5, 5.41) is 0.163. The van der Waals surface area contributed by atoms with Crippen molar-refractivity contribution in [3.05, 3.63) is 63.4 Å². The molecule has 1 fully saturated rings. The first-order valence-electron chi connectivity index (χ1n) is 8.70. The van der Waals surface area contributed by atoms with Crippen molar-refractivity contribution in [1.29, 1.82) is 0 Å². The lowest BCUT2D eigenvalue weighted by Gasteiger charge is -2.26. The Morgan fingerprint density at radius 1 is 1.07 bits per heavy atom. The van der Waals surface area contributed by atoms with E-state index in [-0.39, 0.29) is 32.7 Å². The number of piperidine rings is 1. The van der Waals surface area contributed by atoms with Crippen LogP contribution in [0.4, 0.5) is 4.39 Å². The number of nitrogens with zero attached hydrogens (tertiary/aromatic N) is 1. The van der Waals surface area contributed by atoms with Crippen LogP contribution >= 0.6 is 23.2 Å². The lowest BCUT2D eigenvalue weighted by molar-refractivity contribution is 0.0469. The van der Waals surface area contributed by atoms with Crippen molar-refractivity contribution in [2.45, 2.75) is 30.8 Å². The molecule has 0 bridgehead atoms. The second-order valence-electron chi connectivity index (χ2n) is 6.39. The van der Waals surface area contributed by atoms with Gasteiger partial charge in [-0.1, -0.05) is 35.7 Å². The molecule has 0 spiro atoms. The highest BCUT2D eigenvalue weighted by molar-refractivity contribution is 7.89. The molecule has 150 valence electrons. The van der Waals surface area contributed by atoms with Gasteiger partial charge in [-0.15, -0.1) is 0 Å². The van der Waals surface area contributed by atoms with Crippen LogP contribution in [0.15, 0.2) is 41.3 Å². The van der Waals surface area contributed by atoms with Gasteiger partial charge in [0.2, 0.25) is 10.0 Å². The summed E-state index contributed by atoms with van der Waals surface area (Å²) in [6.45, 7) is 0.458. The summed E-state index contributed by atoms with van der Waals surface area (Å²) in [5.41, 5.74) is 0.0556. The Morgan fingerprint density at radius 2 is 1.79 bits per heavy atom. The van der Waals surface area contributed by atoms with Gasteiger partial charge in [0.25, 0.3) is 0 Å². The van der Waals surface area contributed by atoms with Crippen LogP contribution in [0.3, 0.4) is 0 Å². The third kappa shape index (κ3) is 4.49. The third-order valence-electron chi connectivity index (χ3n) is 4.51. The normalized spacial score (nSPS) is 15.4. The number of halogens is 3. The molecule has 2 aromatic carbocycles. The minimum atomic E-state index is -3.82. The van der Waals surface area contributed by atoms with E-state index in [0.29, 0.717) is 13.1 Å². The molecular weight excluding hydrogens is 428 g/mol. The molecule has 1 aliphatic heterocycles. The zero-order valence-electron chi connectivity index (χ0n) is 14.8. The molecule has 1 heterocycles. The van der Waals surface area contributed by atoms with E-state index in [1.54, 1.807) is 0 Å². The Kier molecular flexibility index (Phi) is 6.60. The topological polar surface area (TPSA) is 63.7 Å². The first kappa shape index (κ1) is 21.0. The zero-order chi connectivity index (χ0) is 20.3. The minimum absolute atomic E-state index is 0.00689. The second-order valence-corrected chi connectivity index (χ2v) is 9.11. The van der Waals surface area contributed by atoms with Crippen LogP contribution in [-0.4, -0.2) is 31.8 Å². The van der Waals surface area contributed by atoms with Gasteiger partial charge < -0.3 is 4.74 Å². The van der Waals surface area contributed by atoms with Crippen LogP contribution < -0.4 is 0 Å². The van der Waals surface area contributed by atoms with E-state index in [9.17, 15) is 17.6 Å². The van der Waals surface area contributed by atoms with Crippen molar-refractivity contribution in [1.82, 2.24) is 4.31 Å². The lowest BCUT2D eigenvalue weighted by Crippen LogP contribution is -2.35. The predicted octanol–water partition coefficient (Wildman–Crippen LogP) is 4.66. The second kappa shape index (κ2) is 8.78. The smallest absolute Gasteiger partial charge is 0.338 e. The highest BCUT2D eigenvalue weighted by atomic mass is 35.5. The molecule has 1 saturated heterocycles. The van der Waals surface area contributed by atoms with Crippen molar-refractivity contribution in [2.24, 2.45) is 0 Å². The molecule has 0 unspecified atom stereocenters. The maximum atomic E-state index is 13.8. The van der Waals surface area contributed by atoms with Gasteiger partial charge in [0.05, 0.1) is 15.6 Å². The first-order chi connectivity index (χ1) is 13.3. The predicted molar refractivity (Wildman–Crippen MR) is 105 cm³/mol. The third-order valence-corrected chi connectivity index (χ3v) is 7.24. The largest absolute Gasteiger partial charge is 0.457 e. The summed E-state index contributed by atoms with van der Waals surface area (Å²) in [4.78, 5) is 12.2. The van der Waals surface area contributed by atoms with Crippen LogP contribution in [0.1, 0.15) is 35.2 Å². The summed E-state index contributed by atoms with van der Waals surface area (Å²) in [5.74, 6) is -1.39. The van der Waals surface area contributed by atoms with Gasteiger partial charge in [0.15, 0.2) is 0 Å². The van der Waals surface area contributed by atoms with Crippen LogP contribution in [-0.2, 0) is 21.4 Å². The van der Waals surface area contributed by atoms with Crippen LogP contribution in [0.2, 0.25) is 10.0 Å². The molecule has 28 heavy (non-hydrogen) atoms. The number of hydrogen-bond acceptors (Lipinski definition) is 4. The maximum Gasteiger partial charge on any atom is 0.338 e. The summed E-state index contributed by atoms with van der Waals surface area (Å²) in [6, 6.07) is 8.03. The number of rotatable bonds is 5. The lowest BCUT2D eigenvalue weighted by atomic mass is 10.2. The summed E-state index contributed by atoms with van der Waals surface area (Å²) in [7, 11) is -3.82. The summed E-state index contributed by atoms with van der Waals surface area (Å²) in [6.07, 6.45) is 2.54. The van der Waals surface area contributed by atoms with Crippen molar-refractivity contribution >= 4 is 39.2 Å². The quantitative estimate of drug-likeness (QED) is 0.627. The SMILES string of the molecule is O=C(OCc1c(F)cccc1Cl)c1ccc(Cl)c(S(=O)(=O)N2CCCCC2)c1. The Hall–Kier alpha value is -1.67. The summed E-state index contributed by atoms with van der Waals surface area (Å²) >= 11 is 12.0. The van der Waals surface area contributed by atoms with Crippen molar-refractivity contribution in [3.63, 3.8) is 0 Å². The molecule has 0 amide bonds. The van der Waals surface area contributed by atoms with Gasteiger partial charge in [-0.05, 0) is 43.2 Å². The van der Waals surface area contributed by atoms with E-state index < -0.39 is 21.8 Å². The van der Waals surface area contributed by atoms with Crippen molar-refractivity contribution in [2.75, 3.05) is 13.1 Å². The molecule has 5 nitrogen and oxygen atoms in total. The highest BCUT2D eigenvalue weighted by Crippen LogP contribution is 2.28. The average molecular weight is 446 g/mol. The molecule has 0 N–H and O–H groups in total. The van der Waals surface area contributed by atoms with Gasteiger partial charge in [0, 0.05) is 18.7 Å². The Morgan fingerprint density at radius 3 is 2.46 bits per heavy atom. The standard InChI is InChI=1S/C19H18Cl2FNO4S/c20-15-5-4-6-17(22)14(15)12-27-19(24)13-7-8-16(21)18(11-13)28(25,26)23-9-2-1-3-10-23/h4-8,11H,1-3,9-10,12H2. The minimum Gasteiger partial charge on any atom is -0.457 e. The molecular formula is C19H18Cl2FNO4S. The molecule has 0 aliphatic carbocycles. The van der Waals surface area contributed by atoms with Crippen LogP contribution in [0.5, 0.6) is 0 Å². The molecule has 2 aromatic rings. The van der Waals surface area contributed by atoms with Gasteiger partial charge in [-0.2, -0.15) is 4.31 Å². The fourth-order valence-corrected chi connectivity index (χ4v) is 5.20. The van der Waals surface area contributed by atoms with Crippen molar-refractivity contribution < 1.29 is 22.3 Å². The Balaban J connectivity index is 1.81. The molecule has 1 aliphatic rings. The fraction of sp³-hybridized carbons (Fsp3) is 0.316. The Labute approximate surface area is 173 Å². The Bertz CT molecular complexity index is 971. The van der Waals surface area contributed by atoms with Crippen LogP contribution in [0, 0.1) is 5.82 Å². The van der Waals surface area contributed by atoms with E-state index in [1.807, 2.05) is 0 Å². The van der Waals surface area contributed by atoms with Gasteiger partial charge in [-0.25, -0.2) is 17.6 Å². The number of hydrogen-bond donors (Lipinski definition) is 0. The molecule has 3 rings (SSSR count). The molecule has 0 radical (unpaired) electrons. The zero-order valence-corrected chi connectivity index (χ0v) is 17.2. The van der Waals surface area contributed by atoms with E-state index >= 15 is 0 Å². The monoisotopic (exact) mass is 445 g/mol. The first-order valence-corrected chi connectivity index (χ1v) is 10.9. The number of sulfonamides is 1. The highest BCUT2D eigenvalue weighted by Gasteiger charge is 2.29. The van der Waals surface area contributed by atoms with Crippen molar-refractivity contribution in [3.8, 4) is 0 Å². The van der Waals surface area contributed by atoms with E-state index in [4.69, 9.17) is 27.9 Å². The molecule has 0 aromatic heterocycles. The number of carbonyl (C=O) groups excluding carboxylic acids is 1. The summed E-state index contributed by atoms with van der Waals surface area (Å²) < 4.78 is 46.0. The molecule has 9 heteroatoms. The average Bonchev–Trinajstić information content (AvgIpc) is 2.68. The van der Waals surface area contributed by atoms with E-state index in [0.717, 1.165) is 19.3 Å². The van der Waals surface area contributed by atoms with Gasteiger partial charge in [0.1, 0.15) is 17.3 Å². The maximum absolute atomic E-state index is 13.8. The van der Waals surface area contributed by atoms with Gasteiger partial charge in [-0.3, -0.25) is 0 Å². The number of carbonyl (C=O) groups is 1. The molecule has 0 saturated carbocycles. The van der Waals surface area contributed by atoms with Gasteiger partial charge >= 0.3 is 5.97 Å². The number of esters is 1. The van der Waals surface area contributed by atoms with Crippen LogP contribution in [0.25, 0.3) is 0 Å². The van der Waals surface area contributed by atoms with E-state index in [2.05, 4.69) is 0 Å². The van der Waals surface area contributed by atoms with E-state index in [1.165, 1.54) is 40.7 Å².